The van der Waals surface area contributed by atoms with Gasteiger partial charge in [-0.1, -0.05) is 42.5 Å². The fraction of sp³-hybridized carbons (Fsp3) is 0.324. The van der Waals surface area contributed by atoms with E-state index in [-0.39, 0.29) is 12.5 Å². The number of hydrogen-bond donors (Lipinski definition) is 2. The van der Waals surface area contributed by atoms with Gasteiger partial charge in [0.2, 0.25) is 0 Å². The Labute approximate surface area is 253 Å². The highest BCUT2D eigenvalue weighted by Gasteiger charge is 2.30. The van der Waals surface area contributed by atoms with Gasteiger partial charge in [0.1, 0.15) is 19.0 Å². The lowest BCUT2D eigenvalue weighted by Gasteiger charge is -2.31. The van der Waals surface area contributed by atoms with Gasteiger partial charge in [0.05, 0.1) is 28.3 Å². The monoisotopic (exact) mass is 595 g/mol. The van der Waals surface area contributed by atoms with Crippen molar-refractivity contribution in [3.63, 3.8) is 0 Å². The van der Waals surface area contributed by atoms with Gasteiger partial charge >= 0.3 is 6.09 Å². The molecule has 7 rings (SSSR count). The predicted molar refractivity (Wildman–Crippen MR) is 166 cm³/mol. The van der Waals surface area contributed by atoms with Gasteiger partial charge < -0.3 is 29.2 Å². The van der Waals surface area contributed by atoms with Gasteiger partial charge in [-0.25, -0.2) is 14.2 Å². The lowest BCUT2D eigenvalue weighted by molar-refractivity contribution is 0.0714. The Bertz CT molecular complexity index is 1880. The molecule has 1 saturated carbocycles. The highest BCUT2D eigenvalue weighted by atomic mass is 19.1. The number of carbonyl (C=O) groups is 2. The van der Waals surface area contributed by atoms with E-state index in [9.17, 15) is 14.0 Å². The molecule has 1 atom stereocenters. The normalized spacial score (nSPS) is 15.5. The molecule has 0 bridgehead atoms. The van der Waals surface area contributed by atoms with Crippen LogP contribution in [0, 0.1) is 5.92 Å². The van der Waals surface area contributed by atoms with Gasteiger partial charge in [-0.3, -0.25) is 4.79 Å². The van der Waals surface area contributed by atoms with Crippen molar-refractivity contribution in [3.05, 3.63) is 83.4 Å². The maximum Gasteiger partial charge on any atom is 0.405 e. The minimum absolute atomic E-state index is 0.0253. The van der Waals surface area contributed by atoms with Gasteiger partial charge in [0.15, 0.2) is 5.82 Å². The number of nitrogens with one attached hydrogen (secondary N) is 1. The Morgan fingerprint density at radius 1 is 1.14 bits per heavy atom. The Morgan fingerprint density at radius 2 is 1.95 bits per heavy atom. The smallest absolute Gasteiger partial charge is 0.405 e. The van der Waals surface area contributed by atoms with Crippen LogP contribution in [0.2, 0.25) is 0 Å². The quantitative estimate of drug-likeness (QED) is 0.213. The van der Waals surface area contributed by atoms with Crippen LogP contribution in [-0.4, -0.2) is 61.9 Å². The first-order valence-electron chi connectivity index (χ1n) is 15.0. The fourth-order valence-corrected chi connectivity index (χ4v) is 6.27. The zero-order chi connectivity index (χ0) is 30.4. The van der Waals surface area contributed by atoms with Crippen molar-refractivity contribution in [3.8, 4) is 17.3 Å². The fourth-order valence-electron chi connectivity index (χ4n) is 6.27. The molecule has 1 fully saturated rings. The molecule has 3 heterocycles. The van der Waals surface area contributed by atoms with Crippen molar-refractivity contribution >= 4 is 33.9 Å². The first-order chi connectivity index (χ1) is 21.4. The zero-order valence-corrected chi connectivity index (χ0v) is 24.5. The molecule has 5 aromatic rings. The summed E-state index contributed by atoms with van der Waals surface area (Å²) in [7, 11) is 2.00. The third-order valence-corrected chi connectivity index (χ3v) is 8.72. The number of rotatable bonds is 10. The van der Waals surface area contributed by atoms with E-state index in [4.69, 9.17) is 14.8 Å². The molecule has 1 unspecified atom stereocenters. The number of halogens is 1. The second-order valence-electron chi connectivity index (χ2n) is 11.8. The molecule has 2 amide bonds. The van der Waals surface area contributed by atoms with Gasteiger partial charge in [-0.2, -0.15) is 0 Å². The van der Waals surface area contributed by atoms with Crippen LogP contribution in [0.25, 0.3) is 33.5 Å². The molecule has 1 aliphatic carbocycles. The number of nitrogens with zero attached hydrogens (tertiary/aromatic N) is 4. The minimum atomic E-state index is -1.31. The highest BCUT2D eigenvalue weighted by Crippen LogP contribution is 2.39. The maximum absolute atomic E-state index is 13.5. The van der Waals surface area contributed by atoms with Crippen molar-refractivity contribution in [1.29, 1.82) is 0 Å². The van der Waals surface area contributed by atoms with Crippen LogP contribution < -0.4 is 10.1 Å². The van der Waals surface area contributed by atoms with E-state index in [1.54, 1.807) is 0 Å². The van der Waals surface area contributed by atoms with Gasteiger partial charge in [-0.15, -0.1) is 0 Å². The average molecular weight is 596 g/mol. The third kappa shape index (κ3) is 5.25. The number of amides is 2. The Kier molecular flexibility index (Phi) is 7.20. The summed E-state index contributed by atoms with van der Waals surface area (Å²) in [4.78, 5) is 31.0. The molecule has 0 saturated heterocycles. The van der Waals surface area contributed by atoms with E-state index in [1.165, 1.54) is 17.7 Å². The second kappa shape index (κ2) is 11.3. The number of carboxylic acid groups (broad SMARTS) is 1. The largest absolute Gasteiger partial charge is 0.487 e. The highest BCUT2D eigenvalue weighted by molar-refractivity contribution is 6.01. The number of para-hydroxylation sites is 1. The molecule has 0 radical (unpaired) electrons. The Balaban J connectivity index is 1.26. The van der Waals surface area contributed by atoms with E-state index in [0.717, 1.165) is 51.4 Å². The second-order valence-corrected chi connectivity index (χ2v) is 11.8. The topological polar surface area (TPSA) is 102 Å². The van der Waals surface area contributed by atoms with Crippen LogP contribution >= 0.6 is 0 Å². The summed E-state index contributed by atoms with van der Waals surface area (Å²) in [5.41, 5.74) is 6.22. The molecular weight excluding hydrogens is 561 g/mol. The van der Waals surface area contributed by atoms with Crippen molar-refractivity contribution in [2.45, 2.75) is 38.5 Å². The Hall–Kier alpha value is -4.86. The average Bonchev–Trinajstić information content (AvgIpc) is 3.70. The van der Waals surface area contributed by atoms with Crippen molar-refractivity contribution in [2.75, 3.05) is 19.8 Å². The van der Waals surface area contributed by atoms with Crippen molar-refractivity contribution < 1.29 is 23.8 Å². The molecule has 10 heteroatoms. The zero-order valence-electron chi connectivity index (χ0n) is 24.5. The first-order valence-corrected chi connectivity index (χ1v) is 15.0. The summed E-state index contributed by atoms with van der Waals surface area (Å²) >= 11 is 0. The molecule has 44 heavy (non-hydrogen) atoms. The van der Waals surface area contributed by atoms with Crippen LogP contribution in [0.15, 0.2) is 66.7 Å². The SMILES string of the molecule is Cn1c(-c2cc3cccc(OCc4ccccc4)c3n2CC2CC2)nc2cc3c(cc21)CCN(CC(CF)NC(=O)O)C3=O. The lowest BCUT2D eigenvalue weighted by Crippen LogP contribution is -2.48. The predicted octanol–water partition coefficient (Wildman–Crippen LogP) is 5.79. The molecule has 1 aliphatic heterocycles. The summed E-state index contributed by atoms with van der Waals surface area (Å²) in [5, 5.41) is 12.3. The number of fused-ring (bicyclic) bond motifs is 3. The summed E-state index contributed by atoms with van der Waals surface area (Å²) in [5.74, 6) is 2.01. The lowest BCUT2D eigenvalue weighted by atomic mass is 9.97. The van der Waals surface area contributed by atoms with Crippen LogP contribution in [0.4, 0.5) is 9.18 Å². The molecule has 0 spiro atoms. The number of benzene rings is 3. The van der Waals surface area contributed by atoms with Crippen LogP contribution in [0.3, 0.4) is 0 Å². The van der Waals surface area contributed by atoms with E-state index < -0.39 is 18.8 Å². The molecule has 2 N–H and O–H groups in total. The Morgan fingerprint density at radius 3 is 2.70 bits per heavy atom. The third-order valence-electron chi connectivity index (χ3n) is 8.72. The van der Waals surface area contributed by atoms with E-state index in [0.29, 0.717) is 36.6 Å². The number of aryl methyl sites for hydroxylation is 1. The van der Waals surface area contributed by atoms with Crippen molar-refractivity contribution in [1.82, 2.24) is 24.3 Å². The molecule has 2 aromatic heterocycles. The number of alkyl halides is 1. The molecule has 9 nitrogen and oxygen atoms in total. The first kappa shape index (κ1) is 27.9. The number of carbonyl (C=O) groups excluding carboxylic acids is 1. The standard InChI is InChI=1S/C34H34FN5O4/c1-38-28-14-23-12-13-39(19-25(17-35)36-34(42)43)33(41)26(23)16-27(28)37-32(38)29-15-24-8-5-9-30(31(24)40(29)18-21-10-11-21)44-20-22-6-3-2-4-7-22/h2-9,14-16,21,25,36H,10-13,17-20H2,1H3,(H,42,43). The summed E-state index contributed by atoms with van der Waals surface area (Å²) in [6, 6.07) is 21.3. The maximum atomic E-state index is 13.5. The van der Waals surface area contributed by atoms with Gasteiger partial charge in [-0.05, 0) is 60.6 Å². The number of hydrogen-bond acceptors (Lipinski definition) is 4. The van der Waals surface area contributed by atoms with Gasteiger partial charge in [0, 0.05) is 37.6 Å². The molecule has 226 valence electrons. The molecule has 2 aliphatic rings. The number of ether oxygens (including phenoxy) is 1. The number of aromatic nitrogens is 3. The van der Waals surface area contributed by atoms with Crippen molar-refractivity contribution in [2.24, 2.45) is 13.0 Å². The molecular formula is C34H34FN5O4. The van der Waals surface area contributed by atoms with Gasteiger partial charge in [0.25, 0.3) is 5.91 Å². The van der Waals surface area contributed by atoms with Crippen LogP contribution in [0.1, 0.15) is 34.3 Å². The van der Waals surface area contributed by atoms with E-state index in [2.05, 4.69) is 38.7 Å². The molecule has 3 aromatic carbocycles. The van der Waals surface area contributed by atoms with Crippen LogP contribution in [-0.2, 0) is 26.6 Å². The summed E-state index contributed by atoms with van der Waals surface area (Å²) in [6.07, 6.45) is 1.68. The van der Waals surface area contributed by atoms with E-state index >= 15 is 0 Å². The minimum Gasteiger partial charge on any atom is -0.487 e. The summed E-state index contributed by atoms with van der Waals surface area (Å²) in [6.45, 7) is 0.826. The number of imidazole rings is 1. The summed E-state index contributed by atoms with van der Waals surface area (Å²) < 4.78 is 24.3. The van der Waals surface area contributed by atoms with Crippen LogP contribution in [0.5, 0.6) is 5.75 Å². The van der Waals surface area contributed by atoms with E-state index in [1.807, 2.05) is 49.5 Å².